The van der Waals surface area contributed by atoms with Crippen LogP contribution in [0.25, 0.3) is 10.9 Å². The molecule has 8 heteroatoms. The molecular weight excluding hydrogens is 402 g/mol. The van der Waals surface area contributed by atoms with Crippen LogP contribution < -0.4 is 15.4 Å². The van der Waals surface area contributed by atoms with Crippen molar-refractivity contribution in [1.29, 1.82) is 0 Å². The minimum atomic E-state index is 0.517. The summed E-state index contributed by atoms with van der Waals surface area (Å²) >= 11 is 0. The number of methoxy groups -OCH3 is 1. The molecule has 2 aromatic heterocycles. The number of rotatable bonds is 7. The fraction of sp³-hybridized carbons (Fsp3) is 0.250. The number of aromatic nitrogens is 4. The van der Waals surface area contributed by atoms with Gasteiger partial charge in [0.2, 0.25) is 0 Å². The summed E-state index contributed by atoms with van der Waals surface area (Å²) in [5.41, 5.74) is 3.23. The van der Waals surface area contributed by atoms with Gasteiger partial charge in [-0.3, -0.25) is 4.98 Å². The third-order valence-electron chi connectivity index (χ3n) is 5.36. The van der Waals surface area contributed by atoms with E-state index in [-0.39, 0.29) is 0 Å². The van der Waals surface area contributed by atoms with E-state index in [1.165, 1.54) is 0 Å². The summed E-state index contributed by atoms with van der Waals surface area (Å²) in [5, 5.41) is 16.3. The van der Waals surface area contributed by atoms with Crippen molar-refractivity contribution >= 4 is 16.9 Å². The third-order valence-corrected chi connectivity index (χ3v) is 5.36. The molecule has 0 spiro atoms. The maximum absolute atomic E-state index is 5.24. The standard InChI is InChI=1S/C24H27N7O/c1-17-29-30-23(31(17)2)16-28-24(26-14-18-8-10-20(32-3)11-9-18)27-15-19-12-13-25-22-7-5-4-6-21(19)22/h4-13H,14-16H2,1-3H3,(H2,26,27,28). The Kier molecular flexibility index (Phi) is 6.60. The van der Waals surface area contributed by atoms with Crippen LogP contribution >= 0.6 is 0 Å². The Labute approximate surface area is 187 Å². The Morgan fingerprint density at radius 3 is 2.53 bits per heavy atom. The van der Waals surface area contributed by atoms with Crippen molar-refractivity contribution < 1.29 is 4.74 Å². The maximum Gasteiger partial charge on any atom is 0.192 e. The molecule has 0 amide bonds. The monoisotopic (exact) mass is 429 g/mol. The number of para-hydroxylation sites is 1. The summed E-state index contributed by atoms with van der Waals surface area (Å²) in [4.78, 5) is 9.22. The molecule has 0 atom stereocenters. The molecule has 2 N–H and O–H groups in total. The van der Waals surface area contributed by atoms with Gasteiger partial charge < -0.3 is 19.9 Å². The molecule has 2 aromatic carbocycles. The molecule has 0 saturated carbocycles. The van der Waals surface area contributed by atoms with Gasteiger partial charge in [-0.1, -0.05) is 30.3 Å². The van der Waals surface area contributed by atoms with Crippen LogP contribution in [0.1, 0.15) is 22.8 Å². The first kappa shape index (κ1) is 21.3. The van der Waals surface area contributed by atoms with E-state index in [2.05, 4.69) is 31.9 Å². The first-order chi connectivity index (χ1) is 15.6. The minimum Gasteiger partial charge on any atom is -0.497 e. The van der Waals surface area contributed by atoms with Gasteiger partial charge in [-0.2, -0.15) is 0 Å². The van der Waals surface area contributed by atoms with Gasteiger partial charge in [0.05, 0.1) is 25.7 Å². The van der Waals surface area contributed by atoms with E-state index in [0.29, 0.717) is 25.6 Å². The molecular formula is C24H27N7O. The number of hydrogen-bond donors (Lipinski definition) is 2. The quantitative estimate of drug-likeness (QED) is 0.347. The average molecular weight is 430 g/mol. The Morgan fingerprint density at radius 2 is 1.78 bits per heavy atom. The number of fused-ring (bicyclic) bond motifs is 1. The summed E-state index contributed by atoms with van der Waals surface area (Å²) in [7, 11) is 3.62. The number of nitrogens with one attached hydrogen (secondary N) is 2. The smallest absolute Gasteiger partial charge is 0.192 e. The van der Waals surface area contributed by atoms with Crippen molar-refractivity contribution in [2.45, 2.75) is 26.6 Å². The molecule has 0 bridgehead atoms. The lowest BCUT2D eigenvalue weighted by Crippen LogP contribution is -2.37. The highest BCUT2D eigenvalue weighted by molar-refractivity contribution is 5.83. The van der Waals surface area contributed by atoms with Crippen molar-refractivity contribution in [2.75, 3.05) is 7.11 Å². The van der Waals surface area contributed by atoms with Crippen molar-refractivity contribution in [3.63, 3.8) is 0 Å². The van der Waals surface area contributed by atoms with Crippen LogP contribution in [-0.4, -0.2) is 32.8 Å². The molecule has 0 unspecified atom stereocenters. The van der Waals surface area contributed by atoms with E-state index in [1.54, 1.807) is 7.11 Å². The molecule has 0 fully saturated rings. The molecule has 4 aromatic rings. The first-order valence-corrected chi connectivity index (χ1v) is 10.5. The molecule has 0 radical (unpaired) electrons. The number of hydrogen-bond acceptors (Lipinski definition) is 5. The fourth-order valence-corrected chi connectivity index (χ4v) is 3.33. The zero-order valence-corrected chi connectivity index (χ0v) is 18.5. The van der Waals surface area contributed by atoms with E-state index in [0.717, 1.165) is 39.4 Å². The lowest BCUT2D eigenvalue weighted by Gasteiger charge is -2.14. The first-order valence-electron chi connectivity index (χ1n) is 10.5. The number of aryl methyl sites for hydroxylation is 1. The van der Waals surface area contributed by atoms with Crippen molar-refractivity contribution in [2.24, 2.45) is 12.0 Å². The average Bonchev–Trinajstić information content (AvgIpc) is 3.16. The molecule has 4 rings (SSSR count). The fourth-order valence-electron chi connectivity index (χ4n) is 3.33. The molecule has 0 saturated heterocycles. The summed E-state index contributed by atoms with van der Waals surface area (Å²) in [5.74, 6) is 3.24. The lowest BCUT2D eigenvalue weighted by molar-refractivity contribution is 0.414. The SMILES string of the molecule is COc1ccc(CN=C(NCc2ccnc3ccccc23)NCc2nnc(C)n2C)cc1. The summed E-state index contributed by atoms with van der Waals surface area (Å²) < 4.78 is 7.20. The molecule has 0 aliphatic carbocycles. The number of benzene rings is 2. The Morgan fingerprint density at radius 1 is 1.00 bits per heavy atom. The van der Waals surface area contributed by atoms with E-state index < -0.39 is 0 Å². The van der Waals surface area contributed by atoms with Crippen LogP contribution in [0.2, 0.25) is 0 Å². The highest BCUT2D eigenvalue weighted by Gasteiger charge is 2.08. The van der Waals surface area contributed by atoms with Gasteiger partial charge in [-0.15, -0.1) is 10.2 Å². The maximum atomic E-state index is 5.24. The lowest BCUT2D eigenvalue weighted by atomic mass is 10.1. The summed E-state index contributed by atoms with van der Waals surface area (Å²) in [6, 6.07) is 18.1. The van der Waals surface area contributed by atoms with E-state index in [4.69, 9.17) is 9.73 Å². The van der Waals surface area contributed by atoms with Gasteiger partial charge in [0.15, 0.2) is 11.8 Å². The largest absolute Gasteiger partial charge is 0.497 e. The van der Waals surface area contributed by atoms with Crippen LogP contribution in [0.5, 0.6) is 5.75 Å². The number of guanidine groups is 1. The number of pyridine rings is 1. The number of nitrogens with zero attached hydrogens (tertiary/aromatic N) is 5. The topological polar surface area (TPSA) is 89.2 Å². The van der Waals surface area contributed by atoms with Gasteiger partial charge in [0.1, 0.15) is 11.6 Å². The van der Waals surface area contributed by atoms with E-state index >= 15 is 0 Å². The summed E-state index contributed by atoms with van der Waals surface area (Å²) in [6.45, 7) is 3.61. The highest BCUT2D eigenvalue weighted by Crippen LogP contribution is 2.16. The molecule has 164 valence electrons. The summed E-state index contributed by atoms with van der Waals surface area (Å²) in [6.07, 6.45) is 1.84. The van der Waals surface area contributed by atoms with Gasteiger partial charge in [-0.05, 0) is 42.3 Å². The second-order valence-corrected chi connectivity index (χ2v) is 7.43. The zero-order valence-electron chi connectivity index (χ0n) is 18.5. The van der Waals surface area contributed by atoms with Gasteiger partial charge in [0.25, 0.3) is 0 Å². The zero-order chi connectivity index (χ0) is 22.3. The van der Waals surface area contributed by atoms with Crippen molar-refractivity contribution in [3.05, 3.63) is 83.6 Å². The predicted molar refractivity (Wildman–Crippen MR) is 125 cm³/mol. The third kappa shape index (κ3) is 5.03. The van der Waals surface area contributed by atoms with Crippen LogP contribution in [0.4, 0.5) is 0 Å². The van der Waals surface area contributed by atoms with Gasteiger partial charge in [-0.25, -0.2) is 4.99 Å². The molecule has 2 heterocycles. The Balaban J connectivity index is 1.50. The Bertz CT molecular complexity index is 1210. The second-order valence-electron chi connectivity index (χ2n) is 7.43. The minimum absolute atomic E-state index is 0.517. The normalized spacial score (nSPS) is 11.5. The van der Waals surface area contributed by atoms with Gasteiger partial charge in [0, 0.05) is 25.2 Å². The molecule has 0 aliphatic rings. The van der Waals surface area contributed by atoms with Crippen molar-refractivity contribution in [1.82, 2.24) is 30.4 Å². The second kappa shape index (κ2) is 9.91. The van der Waals surface area contributed by atoms with Crippen LogP contribution in [0.3, 0.4) is 0 Å². The van der Waals surface area contributed by atoms with E-state index in [9.17, 15) is 0 Å². The highest BCUT2D eigenvalue weighted by atomic mass is 16.5. The molecule has 0 aliphatic heterocycles. The van der Waals surface area contributed by atoms with Crippen LogP contribution in [-0.2, 0) is 26.7 Å². The predicted octanol–water partition coefficient (Wildman–Crippen LogP) is 3.12. The van der Waals surface area contributed by atoms with Crippen LogP contribution in [0.15, 0.2) is 65.8 Å². The number of aliphatic imine (C=N–C) groups is 1. The molecule has 32 heavy (non-hydrogen) atoms. The van der Waals surface area contributed by atoms with Crippen LogP contribution in [0, 0.1) is 6.92 Å². The molecule has 8 nitrogen and oxygen atoms in total. The van der Waals surface area contributed by atoms with E-state index in [1.807, 2.05) is 73.3 Å². The number of ether oxygens (including phenoxy) is 1. The van der Waals surface area contributed by atoms with Crippen molar-refractivity contribution in [3.8, 4) is 5.75 Å². The van der Waals surface area contributed by atoms with Gasteiger partial charge >= 0.3 is 0 Å². The Hall–Kier alpha value is -3.94.